The van der Waals surface area contributed by atoms with Gasteiger partial charge >= 0.3 is 0 Å². The molecule has 1 aromatic heterocycles. The lowest BCUT2D eigenvalue weighted by atomic mass is 10.1. The number of amides is 1. The van der Waals surface area contributed by atoms with Gasteiger partial charge in [-0.2, -0.15) is 5.10 Å². The van der Waals surface area contributed by atoms with Crippen molar-refractivity contribution in [3.63, 3.8) is 0 Å². The van der Waals surface area contributed by atoms with E-state index in [4.69, 9.17) is 5.73 Å². The molecule has 0 atom stereocenters. The Labute approximate surface area is 103 Å². The average Bonchev–Trinajstić information content (AvgIpc) is 2.74. The minimum atomic E-state index is -0.572. The summed E-state index contributed by atoms with van der Waals surface area (Å²) in [5.74, 6) is -0.950. The van der Waals surface area contributed by atoms with Gasteiger partial charge in [0, 0.05) is 30.9 Å². The zero-order valence-electron chi connectivity index (χ0n) is 9.85. The van der Waals surface area contributed by atoms with Gasteiger partial charge in [0.2, 0.25) is 5.91 Å². The van der Waals surface area contributed by atoms with Gasteiger partial charge in [0.05, 0.1) is 11.9 Å². The number of primary amides is 1. The molecule has 1 aromatic carbocycles. The van der Waals surface area contributed by atoms with Crippen molar-refractivity contribution in [3.05, 3.63) is 47.5 Å². The molecule has 0 spiro atoms. The van der Waals surface area contributed by atoms with E-state index in [1.807, 2.05) is 0 Å². The summed E-state index contributed by atoms with van der Waals surface area (Å²) in [7, 11) is 1.79. The third-order valence-corrected chi connectivity index (χ3v) is 2.52. The first-order valence-electron chi connectivity index (χ1n) is 5.37. The SMILES string of the molecule is Cn1cc(NCc2cc(C(N)=O)ccc2F)cn1. The van der Waals surface area contributed by atoms with Gasteiger partial charge in [-0.15, -0.1) is 0 Å². The van der Waals surface area contributed by atoms with Crippen LogP contribution >= 0.6 is 0 Å². The van der Waals surface area contributed by atoms with Crippen LogP contribution in [0.2, 0.25) is 0 Å². The van der Waals surface area contributed by atoms with Gasteiger partial charge in [0.25, 0.3) is 0 Å². The number of anilines is 1. The third kappa shape index (κ3) is 2.65. The van der Waals surface area contributed by atoms with E-state index >= 15 is 0 Å². The molecule has 2 rings (SSSR count). The lowest BCUT2D eigenvalue weighted by Crippen LogP contribution is -2.12. The molecule has 0 radical (unpaired) electrons. The highest BCUT2D eigenvalue weighted by Crippen LogP contribution is 2.13. The molecule has 6 heteroatoms. The zero-order chi connectivity index (χ0) is 13.1. The fourth-order valence-corrected chi connectivity index (χ4v) is 1.57. The van der Waals surface area contributed by atoms with Crippen molar-refractivity contribution in [1.82, 2.24) is 9.78 Å². The standard InChI is InChI=1S/C12H13FN4O/c1-17-7-10(6-16-17)15-5-9-4-8(12(14)18)2-3-11(9)13/h2-4,6-7,15H,5H2,1H3,(H2,14,18). The van der Waals surface area contributed by atoms with Crippen LogP contribution in [0, 0.1) is 5.82 Å². The van der Waals surface area contributed by atoms with Crippen LogP contribution in [0.1, 0.15) is 15.9 Å². The Kier molecular flexibility index (Phi) is 3.27. The number of rotatable bonds is 4. The molecule has 0 aliphatic rings. The van der Waals surface area contributed by atoms with E-state index in [9.17, 15) is 9.18 Å². The normalized spacial score (nSPS) is 10.3. The molecular weight excluding hydrogens is 235 g/mol. The maximum atomic E-state index is 13.5. The van der Waals surface area contributed by atoms with Crippen molar-refractivity contribution in [1.29, 1.82) is 0 Å². The second-order valence-electron chi connectivity index (χ2n) is 3.93. The van der Waals surface area contributed by atoms with E-state index in [0.29, 0.717) is 11.1 Å². The summed E-state index contributed by atoms with van der Waals surface area (Å²) in [4.78, 5) is 11.0. The Morgan fingerprint density at radius 3 is 2.94 bits per heavy atom. The second-order valence-corrected chi connectivity index (χ2v) is 3.93. The van der Waals surface area contributed by atoms with Gasteiger partial charge in [0.15, 0.2) is 0 Å². The Hall–Kier alpha value is -2.37. The Balaban J connectivity index is 2.13. The maximum Gasteiger partial charge on any atom is 0.248 e. The number of aryl methyl sites for hydroxylation is 1. The predicted octanol–water partition coefficient (Wildman–Crippen LogP) is 1.27. The van der Waals surface area contributed by atoms with Crippen LogP contribution in [0.5, 0.6) is 0 Å². The van der Waals surface area contributed by atoms with Crippen LogP contribution < -0.4 is 11.1 Å². The van der Waals surface area contributed by atoms with Crippen LogP contribution in [0.3, 0.4) is 0 Å². The van der Waals surface area contributed by atoms with Crippen molar-refractivity contribution in [2.75, 3.05) is 5.32 Å². The highest BCUT2D eigenvalue weighted by atomic mass is 19.1. The molecule has 0 unspecified atom stereocenters. The van der Waals surface area contributed by atoms with Crippen LogP contribution in [0.25, 0.3) is 0 Å². The molecule has 18 heavy (non-hydrogen) atoms. The number of nitrogens with one attached hydrogen (secondary N) is 1. The van der Waals surface area contributed by atoms with Crippen molar-refractivity contribution >= 4 is 11.6 Å². The molecule has 2 aromatic rings. The quantitative estimate of drug-likeness (QED) is 0.855. The lowest BCUT2D eigenvalue weighted by Gasteiger charge is -2.06. The number of nitrogens with zero attached hydrogens (tertiary/aromatic N) is 2. The number of carbonyl (C=O) groups excluding carboxylic acids is 1. The first-order chi connectivity index (χ1) is 8.56. The molecule has 1 amide bonds. The average molecular weight is 248 g/mol. The topological polar surface area (TPSA) is 72.9 Å². The number of hydrogen-bond acceptors (Lipinski definition) is 3. The summed E-state index contributed by atoms with van der Waals surface area (Å²) in [6.45, 7) is 0.263. The Morgan fingerprint density at radius 1 is 1.56 bits per heavy atom. The van der Waals surface area contributed by atoms with Gasteiger partial charge in [-0.3, -0.25) is 9.48 Å². The minimum absolute atomic E-state index is 0.263. The largest absolute Gasteiger partial charge is 0.378 e. The van der Waals surface area contributed by atoms with Gasteiger partial charge in [-0.05, 0) is 18.2 Å². The van der Waals surface area contributed by atoms with Crippen LogP contribution in [-0.4, -0.2) is 15.7 Å². The van der Waals surface area contributed by atoms with Gasteiger partial charge in [-0.1, -0.05) is 0 Å². The molecular formula is C12H13FN4O. The highest BCUT2D eigenvalue weighted by molar-refractivity contribution is 5.92. The highest BCUT2D eigenvalue weighted by Gasteiger charge is 2.07. The van der Waals surface area contributed by atoms with E-state index in [1.54, 1.807) is 24.1 Å². The zero-order valence-corrected chi connectivity index (χ0v) is 9.85. The number of carbonyl (C=O) groups is 1. The number of halogens is 1. The summed E-state index contributed by atoms with van der Waals surface area (Å²) < 4.78 is 15.2. The molecule has 0 saturated heterocycles. The molecule has 0 aliphatic heterocycles. The van der Waals surface area contributed by atoms with E-state index in [0.717, 1.165) is 5.69 Å². The Bertz CT molecular complexity index is 579. The van der Waals surface area contributed by atoms with Gasteiger partial charge in [-0.25, -0.2) is 4.39 Å². The van der Waals surface area contributed by atoms with E-state index in [2.05, 4.69) is 10.4 Å². The second kappa shape index (κ2) is 4.87. The third-order valence-electron chi connectivity index (χ3n) is 2.52. The fraction of sp³-hybridized carbons (Fsp3) is 0.167. The monoisotopic (exact) mass is 248 g/mol. The van der Waals surface area contributed by atoms with Crippen molar-refractivity contribution in [3.8, 4) is 0 Å². The van der Waals surface area contributed by atoms with Crippen molar-refractivity contribution in [2.24, 2.45) is 12.8 Å². The first-order valence-corrected chi connectivity index (χ1v) is 5.37. The molecule has 3 N–H and O–H groups in total. The first kappa shape index (κ1) is 12.1. The molecule has 0 fully saturated rings. The number of aromatic nitrogens is 2. The Morgan fingerprint density at radius 2 is 2.33 bits per heavy atom. The molecule has 0 saturated carbocycles. The van der Waals surface area contributed by atoms with Crippen molar-refractivity contribution in [2.45, 2.75) is 6.54 Å². The smallest absolute Gasteiger partial charge is 0.248 e. The number of nitrogens with two attached hydrogens (primary N) is 1. The summed E-state index contributed by atoms with van der Waals surface area (Å²) in [6, 6.07) is 4.05. The summed E-state index contributed by atoms with van der Waals surface area (Å²) in [5.41, 5.74) is 6.60. The van der Waals surface area contributed by atoms with E-state index in [-0.39, 0.29) is 12.4 Å². The van der Waals surface area contributed by atoms with Crippen LogP contribution in [0.15, 0.2) is 30.6 Å². The minimum Gasteiger partial charge on any atom is -0.378 e. The van der Waals surface area contributed by atoms with Gasteiger partial charge in [0.1, 0.15) is 5.82 Å². The van der Waals surface area contributed by atoms with Crippen molar-refractivity contribution < 1.29 is 9.18 Å². The number of hydrogen-bond donors (Lipinski definition) is 2. The fourth-order valence-electron chi connectivity index (χ4n) is 1.57. The number of benzene rings is 1. The molecule has 0 aliphatic carbocycles. The van der Waals surface area contributed by atoms with E-state index < -0.39 is 5.91 Å². The molecule has 0 bridgehead atoms. The van der Waals surface area contributed by atoms with Crippen LogP contribution in [-0.2, 0) is 13.6 Å². The van der Waals surface area contributed by atoms with Crippen LogP contribution in [0.4, 0.5) is 10.1 Å². The predicted molar refractivity (Wildman–Crippen MR) is 65.5 cm³/mol. The summed E-state index contributed by atoms with van der Waals surface area (Å²) >= 11 is 0. The van der Waals surface area contributed by atoms with Gasteiger partial charge < -0.3 is 11.1 Å². The summed E-state index contributed by atoms with van der Waals surface area (Å²) in [5, 5.41) is 7.00. The van der Waals surface area contributed by atoms with E-state index in [1.165, 1.54) is 18.2 Å². The maximum absolute atomic E-state index is 13.5. The molecule has 1 heterocycles. The summed E-state index contributed by atoms with van der Waals surface area (Å²) in [6.07, 6.45) is 3.41. The lowest BCUT2D eigenvalue weighted by molar-refractivity contribution is 0.1000. The molecule has 94 valence electrons. The molecule has 5 nitrogen and oxygen atoms in total.